The number of Topliss-reactive ketones (excluding diaryl/α,β-unsaturated/α-hetero) is 1. The Morgan fingerprint density at radius 1 is 0.870 bits per heavy atom. The molecule has 0 aromatic rings. The zero-order chi connectivity index (χ0) is 34.7. The Kier molecular flexibility index (Phi) is 11.9. The van der Waals surface area contributed by atoms with E-state index in [9.17, 15) is 28.8 Å². The van der Waals surface area contributed by atoms with E-state index >= 15 is 0 Å². The Bertz CT molecular complexity index is 1170. The molecular formula is C34H58N6O6. The molecule has 5 atom stereocenters. The normalized spacial score (nSPS) is 22.3. The maximum atomic E-state index is 14.3. The lowest BCUT2D eigenvalue weighted by atomic mass is 9.80. The Morgan fingerprint density at radius 3 is 1.93 bits per heavy atom. The van der Waals surface area contributed by atoms with Crippen molar-refractivity contribution in [1.29, 1.82) is 0 Å². The molecule has 0 aromatic carbocycles. The van der Waals surface area contributed by atoms with Crippen molar-refractivity contribution in [3.05, 3.63) is 0 Å². The Labute approximate surface area is 274 Å². The summed E-state index contributed by atoms with van der Waals surface area (Å²) in [6.07, 6.45) is 5.58. The maximum absolute atomic E-state index is 14.3. The van der Waals surface area contributed by atoms with Gasteiger partial charge >= 0.3 is 6.03 Å². The van der Waals surface area contributed by atoms with Crippen LogP contribution in [0.3, 0.4) is 0 Å². The Balaban J connectivity index is 1.80. The molecule has 6 amide bonds. The van der Waals surface area contributed by atoms with Crippen LogP contribution in [0.25, 0.3) is 0 Å². The lowest BCUT2D eigenvalue weighted by molar-refractivity contribution is -0.144. The van der Waals surface area contributed by atoms with Gasteiger partial charge in [0.05, 0.1) is 12.1 Å². The molecule has 46 heavy (non-hydrogen) atoms. The fraction of sp³-hybridized carbons (Fsp3) is 0.824. The number of rotatable bonds is 13. The predicted octanol–water partition coefficient (Wildman–Crippen LogP) is 2.59. The fourth-order valence-corrected chi connectivity index (χ4v) is 6.51. The first-order valence-electron chi connectivity index (χ1n) is 17.0. The van der Waals surface area contributed by atoms with E-state index < -0.39 is 53.1 Å². The van der Waals surface area contributed by atoms with Crippen molar-refractivity contribution in [3.63, 3.8) is 0 Å². The average Bonchev–Trinajstić information content (AvgIpc) is 3.66. The number of likely N-dealkylation sites (tertiary alicyclic amines) is 1. The van der Waals surface area contributed by atoms with Gasteiger partial charge in [0.25, 0.3) is 5.91 Å². The third-order valence-electron chi connectivity index (χ3n) is 10.0. The summed E-state index contributed by atoms with van der Waals surface area (Å²) in [7, 11) is 1.75. The standard InChI is InChI=1S/C34H58N6O6/c1-19(2)22-15-16-40(25(22)29(43)36-23(26(41)28(35)42)17-20-11-10-12-20)31(45)27(34(6,7)8)38-32(46)37-24(33(3,4)5)18-39(9)30(44)21-13-14-21/h19-25,27H,10-18H2,1-9H3,(H2,35,42)(H,36,43)(H2,37,38,46)/t22?,23?,24-,25+,27-/m1/s1. The van der Waals surface area contributed by atoms with Crippen LogP contribution < -0.4 is 21.7 Å². The minimum atomic E-state index is -1.09. The van der Waals surface area contributed by atoms with Gasteiger partial charge in [0.2, 0.25) is 23.5 Å². The summed E-state index contributed by atoms with van der Waals surface area (Å²) in [6, 6.07) is -3.81. The smallest absolute Gasteiger partial charge is 0.315 e. The average molecular weight is 647 g/mol. The Hall–Kier alpha value is -3.18. The molecule has 3 rings (SSSR count). The molecule has 2 unspecified atom stereocenters. The molecule has 3 aliphatic rings. The van der Waals surface area contributed by atoms with Crippen molar-refractivity contribution in [1.82, 2.24) is 25.8 Å². The van der Waals surface area contributed by atoms with Gasteiger partial charge in [-0.05, 0) is 54.3 Å². The van der Waals surface area contributed by atoms with Gasteiger partial charge in [0, 0.05) is 26.1 Å². The van der Waals surface area contributed by atoms with Crippen molar-refractivity contribution in [2.75, 3.05) is 20.1 Å². The van der Waals surface area contributed by atoms with Crippen LogP contribution in [0.5, 0.6) is 0 Å². The fourth-order valence-electron chi connectivity index (χ4n) is 6.51. The van der Waals surface area contributed by atoms with E-state index in [2.05, 4.69) is 16.0 Å². The first-order chi connectivity index (χ1) is 21.2. The molecule has 12 nitrogen and oxygen atoms in total. The van der Waals surface area contributed by atoms with Gasteiger partial charge in [0.15, 0.2) is 0 Å². The van der Waals surface area contributed by atoms with Crippen LogP contribution in [0.4, 0.5) is 4.79 Å². The first-order valence-corrected chi connectivity index (χ1v) is 17.0. The number of carbonyl (C=O) groups excluding carboxylic acids is 6. The molecular weight excluding hydrogens is 588 g/mol. The van der Waals surface area contributed by atoms with Crippen molar-refractivity contribution >= 4 is 35.4 Å². The summed E-state index contributed by atoms with van der Waals surface area (Å²) < 4.78 is 0. The van der Waals surface area contributed by atoms with Gasteiger partial charge < -0.3 is 31.5 Å². The van der Waals surface area contributed by atoms with Gasteiger partial charge in [-0.25, -0.2) is 4.79 Å². The quantitative estimate of drug-likeness (QED) is 0.224. The zero-order valence-electron chi connectivity index (χ0n) is 29.4. The highest BCUT2D eigenvalue weighted by atomic mass is 16.2. The van der Waals surface area contributed by atoms with E-state index in [1.165, 1.54) is 4.90 Å². The van der Waals surface area contributed by atoms with Gasteiger partial charge in [-0.2, -0.15) is 0 Å². The number of nitrogens with zero attached hydrogens (tertiary/aromatic N) is 2. The van der Waals surface area contributed by atoms with Crippen LogP contribution in [0.1, 0.15) is 100 Å². The molecule has 5 N–H and O–H groups in total. The molecule has 0 aromatic heterocycles. The Morgan fingerprint density at radius 2 is 1.48 bits per heavy atom. The monoisotopic (exact) mass is 646 g/mol. The summed E-state index contributed by atoms with van der Waals surface area (Å²) in [5.74, 6) is -2.58. The van der Waals surface area contributed by atoms with Crippen LogP contribution in [-0.2, 0) is 24.0 Å². The number of primary amides is 1. The topological polar surface area (TPSA) is 171 Å². The van der Waals surface area contributed by atoms with Crippen LogP contribution in [0, 0.1) is 34.5 Å². The minimum Gasteiger partial charge on any atom is -0.363 e. The lowest BCUT2D eigenvalue weighted by Gasteiger charge is -2.38. The number of nitrogens with one attached hydrogen (secondary N) is 3. The number of likely N-dealkylation sites (N-methyl/N-ethyl adjacent to an activating group) is 1. The lowest BCUT2D eigenvalue weighted by Crippen LogP contribution is -2.62. The second-order valence-electron chi connectivity index (χ2n) is 16.3. The van der Waals surface area contributed by atoms with E-state index in [-0.39, 0.29) is 41.0 Å². The SMILES string of the molecule is CC(C)C1CCN(C(=O)[C@@H](NC(=O)N[C@H](CN(C)C(=O)C2CC2)C(C)(C)C)C(C)(C)C)[C@@H]1C(=O)NC(CC1CCC1)C(=O)C(N)=O. The molecule has 1 aliphatic heterocycles. The maximum Gasteiger partial charge on any atom is 0.315 e. The number of hydrogen-bond donors (Lipinski definition) is 4. The van der Waals surface area contributed by atoms with Gasteiger partial charge in [-0.15, -0.1) is 0 Å². The van der Waals surface area contributed by atoms with Crippen LogP contribution >= 0.6 is 0 Å². The predicted molar refractivity (Wildman–Crippen MR) is 175 cm³/mol. The van der Waals surface area contributed by atoms with Crippen molar-refractivity contribution in [2.24, 2.45) is 40.2 Å². The van der Waals surface area contributed by atoms with Gasteiger partial charge in [-0.1, -0.05) is 74.7 Å². The molecule has 0 radical (unpaired) electrons. The number of ketones is 1. The number of carbonyl (C=O) groups is 6. The highest BCUT2D eigenvalue weighted by molar-refractivity contribution is 6.37. The summed E-state index contributed by atoms with van der Waals surface area (Å²) in [5.41, 5.74) is 4.25. The second-order valence-corrected chi connectivity index (χ2v) is 16.3. The van der Waals surface area contributed by atoms with Crippen molar-refractivity contribution < 1.29 is 28.8 Å². The van der Waals surface area contributed by atoms with E-state index in [1.807, 2.05) is 55.4 Å². The number of amides is 6. The van der Waals surface area contributed by atoms with Crippen LogP contribution in [0.15, 0.2) is 0 Å². The first kappa shape index (κ1) is 37.3. The minimum absolute atomic E-state index is 0.0534. The van der Waals surface area contributed by atoms with Gasteiger partial charge in [-0.3, -0.25) is 24.0 Å². The van der Waals surface area contributed by atoms with E-state index in [0.29, 0.717) is 25.9 Å². The van der Waals surface area contributed by atoms with Crippen LogP contribution in [-0.4, -0.2) is 89.5 Å². The number of urea groups is 1. The molecule has 1 saturated heterocycles. The summed E-state index contributed by atoms with van der Waals surface area (Å²) in [4.78, 5) is 82.1. The third-order valence-corrected chi connectivity index (χ3v) is 10.0. The van der Waals surface area contributed by atoms with Gasteiger partial charge in [0.1, 0.15) is 12.1 Å². The molecule has 260 valence electrons. The summed E-state index contributed by atoms with van der Waals surface area (Å²) in [5, 5.41) is 8.71. The number of hydrogen-bond acceptors (Lipinski definition) is 6. The molecule has 0 spiro atoms. The third kappa shape index (κ3) is 9.44. The summed E-state index contributed by atoms with van der Waals surface area (Å²) in [6.45, 7) is 16.1. The molecule has 0 bridgehead atoms. The van der Waals surface area contributed by atoms with Crippen molar-refractivity contribution in [2.45, 2.75) is 125 Å². The van der Waals surface area contributed by atoms with Crippen molar-refractivity contribution in [3.8, 4) is 0 Å². The molecule has 2 saturated carbocycles. The zero-order valence-corrected chi connectivity index (χ0v) is 29.4. The number of nitrogens with two attached hydrogens (primary N) is 1. The highest BCUT2D eigenvalue weighted by Crippen LogP contribution is 2.35. The van der Waals surface area contributed by atoms with E-state index in [1.54, 1.807) is 11.9 Å². The molecule has 2 aliphatic carbocycles. The molecule has 12 heteroatoms. The van der Waals surface area contributed by atoms with Crippen LogP contribution in [0.2, 0.25) is 0 Å². The van der Waals surface area contributed by atoms with E-state index in [0.717, 1.165) is 32.1 Å². The largest absolute Gasteiger partial charge is 0.363 e. The summed E-state index contributed by atoms with van der Waals surface area (Å²) >= 11 is 0. The highest BCUT2D eigenvalue weighted by Gasteiger charge is 2.48. The second kappa shape index (κ2) is 14.7. The van der Waals surface area contributed by atoms with E-state index in [4.69, 9.17) is 5.73 Å². The molecule has 1 heterocycles. The molecule has 3 fully saturated rings.